The van der Waals surface area contributed by atoms with Crippen molar-refractivity contribution in [3.63, 3.8) is 0 Å². The van der Waals surface area contributed by atoms with Gasteiger partial charge in [0.05, 0.1) is 21.6 Å². The summed E-state index contributed by atoms with van der Waals surface area (Å²) in [6, 6.07) is 11.4. The van der Waals surface area contributed by atoms with Gasteiger partial charge < -0.3 is 10.1 Å². The highest BCUT2D eigenvalue weighted by Gasteiger charge is 2.33. The van der Waals surface area contributed by atoms with Gasteiger partial charge in [0, 0.05) is 5.69 Å². The van der Waals surface area contributed by atoms with E-state index in [1.807, 2.05) is 24.3 Å². The van der Waals surface area contributed by atoms with Crippen LogP contribution in [0.15, 0.2) is 47.4 Å². The summed E-state index contributed by atoms with van der Waals surface area (Å²) in [4.78, 5) is 25.4. The molecule has 1 aliphatic rings. The van der Waals surface area contributed by atoms with Crippen LogP contribution in [0, 0.1) is 5.92 Å². The third-order valence-electron chi connectivity index (χ3n) is 3.95. The number of hydrogen-bond acceptors (Lipinski definition) is 5. The van der Waals surface area contributed by atoms with Crippen molar-refractivity contribution in [2.75, 3.05) is 11.9 Å². The Morgan fingerprint density at radius 2 is 1.90 bits per heavy atom. The van der Waals surface area contributed by atoms with Crippen LogP contribution in [0.4, 0.5) is 10.5 Å². The van der Waals surface area contributed by atoms with Gasteiger partial charge in [-0.15, -0.1) is 0 Å². The van der Waals surface area contributed by atoms with Crippen LogP contribution in [-0.4, -0.2) is 27.9 Å². The second kappa shape index (κ2) is 10.4. The fraction of sp³-hybridized carbons (Fsp3) is 0.190. The zero-order valence-electron chi connectivity index (χ0n) is 16.6. The first-order chi connectivity index (χ1) is 14.7. The highest BCUT2D eigenvalue weighted by molar-refractivity contribution is 8.26. The number of thiocarbonyl (C=S) groups is 1. The molecular formula is C21H19Cl2N3O3S2. The van der Waals surface area contributed by atoms with Gasteiger partial charge in [-0.3, -0.25) is 4.79 Å². The van der Waals surface area contributed by atoms with E-state index in [1.165, 1.54) is 6.07 Å². The highest BCUT2D eigenvalue weighted by Crippen LogP contribution is 2.32. The van der Waals surface area contributed by atoms with Crippen LogP contribution in [-0.2, 0) is 4.79 Å². The van der Waals surface area contributed by atoms with Crippen molar-refractivity contribution in [2.45, 2.75) is 13.8 Å². The van der Waals surface area contributed by atoms with E-state index < -0.39 is 11.9 Å². The third kappa shape index (κ3) is 6.36. The zero-order valence-corrected chi connectivity index (χ0v) is 19.8. The van der Waals surface area contributed by atoms with Crippen LogP contribution in [0.2, 0.25) is 10.0 Å². The molecule has 1 heterocycles. The summed E-state index contributed by atoms with van der Waals surface area (Å²) in [5, 5.41) is 4.28. The molecular weight excluding hydrogens is 477 g/mol. The average Bonchev–Trinajstić information content (AvgIpc) is 2.97. The van der Waals surface area contributed by atoms with Gasteiger partial charge in [-0.25, -0.2) is 10.2 Å². The van der Waals surface area contributed by atoms with Gasteiger partial charge in [0.1, 0.15) is 5.75 Å². The molecule has 10 heteroatoms. The molecule has 0 aliphatic carbocycles. The molecule has 2 aromatic rings. The van der Waals surface area contributed by atoms with E-state index in [0.29, 0.717) is 33.2 Å². The summed E-state index contributed by atoms with van der Waals surface area (Å²) >= 11 is 18.2. The smallest absolute Gasteiger partial charge is 0.338 e. The lowest BCUT2D eigenvalue weighted by Crippen LogP contribution is -2.46. The molecule has 31 heavy (non-hydrogen) atoms. The molecule has 1 fully saturated rings. The Morgan fingerprint density at radius 1 is 1.19 bits per heavy atom. The van der Waals surface area contributed by atoms with Crippen LogP contribution in [0.1, 0.15) is 19.4 Å². The fourth-order valence-electron chi connectivity index (χ4n) is 2.47. The number of thioether (sulfide) groups is 1. The number of carbonyl (C=O) groups is 2. The lowest BCUT2D eigenvalue weighted by atomic mass is 10.2. The van der Waals surface area contributed by atoms with Gasteiger partial charge >= 0.3 is 6.03 Å². The molecule has 6 nitrogen and oxygen atoms in total. The van der Waals surface area contributed by atoms with E-state index in [4.69, 9.17) is 40.2 Å². The standard InChI is InChI=1S/C21H19Cl2N3O3S2/c1-12(2)11-29-15-6-3-13(4-7-15)9-18-19(27)26(21(30)31-18)25-20(28)24-14-5-8-16(22)17(23)10-14/h3-10,12H,11H2,1-2H3,(H2,24,25,28)/b18-9-. The van der Waals surface area contributed by atoms with Crippen LogP contribution in [0.3, 0.4) is 0 Å². The molecule has 3 amide bonds. The summed E-state index contributed by atoms with van der Waals surface area (Å²) in [6.45, 7) is 4.79. The Kier molecular flexibility index (Phi) is 7.83. The van der Waals surface area contributed by atoms with Gasteiger partial charge in [-0.1, -0.05) is 60.9 Å². The van der Waals surface area contributed by atoms with Crippen LogP contribution >= 0.6 is 47.2 Å². The molecule has 3 rings (SSSR count). The summed E-state index contributed by atoms with van der Waals surface area (Å²) in [6.07, 6.45) is 1.71. The fourth-order valence-corrected chi connectivity index (χ4v) is 3.95. The minimum Gasteiger partial charge on any atom is -0.493 e. The maximum Gasteiger partial charge on any atom is 0.338 e. The molecule has 0 aromatic heterocycles. The number of nitrogens with one attached hydrogen (secondary N) is 2. The minimum atomic E-state index is -0.636. The number of benzene rings is 2. The molecule has 2 N–H and O–H groups in total. The van der Waals surface area contributed by atoms with Crippen molar-refractivity contribution < 1.29 is 14.3 Å². The number of urea groups is 1. The average molecular weight is 496 g/mol. The normalized spacial score (nSPS) is 15.0. The maximum absolute atomic E-state index is 12.7. The Balaban J connectivity index is 1.63. The number of hydrogen-bond donors (Lipinski definition) is 2. The summed E-state index contributed by atoms with van der Waals surface area (Å²) < 4.78 is 5.88. The molecule has 1 saturated heterocycles. The van der Waals surface area contributed by atoms with Crippen molar-refractivity contribution in [2.24, 2.45) is 5.92 Å². The van der Waals surface area contributed by atoms with E-state index >= 15 is 0 Å². The predicted molar refractivity (Wildman–Crippen MR) is 130 cm³/mol. The molecule has 1 aliphatic heterocycles. The largest absolute Gasteiger partial charge is 0.493 e. The number of amides is 3. The number of carbonyl (C=O) groups excluding carboxylic acids is 2. The van der Waals surface area contributed by atoms with Crippen LogP contribution < -0.4 is 15.5 Å². The van der Waals surface area contributed by atoms with Gasteiger partial charge in [0.2, 0.25) is 0 Å². The van der Waals surface area contributed by atoms with Gasteiger partial charge in [0.25, 0.3) is 5.91 Å². The van der Waals surface area contributed by atoms with Crippen LogP contribution in [0.25, 0.3) is 6.08 Å². The van der Waals surface area contributed by atoms with Crippen molar-refractivity contribution in [3.05, 3.63) is 63.0 Å². The zero-order chi connectivity index (χ0) is 22.5. The monoisotopic (exact) mass is 495 g/mol. The summed E-state index contributed by atoms with van der Waals surface area (Å²) in [5.74, 6) is 0.779. The Morgan fingerprint density at radius 3 is 2.55 bits per heavy atom. The number of rotatable bonds is 6. The second-order valence-electron chi connectivity index (χ2n) is 6.99. The quantitative estimate of drug-likeness (QED) is 0.381. The lowest BCUT2D eigenvalue weighted by molar-refractivity contribution is -0.123. The predicted octanol–water partition coefficient (Wildman–Crippen LogP) is 5.97. The molecule has 0 spiro atoms. The van der Waals surface area contributed by atoms with Crippen molar-refractivity contribution in [1.29, 1.82) is 0 Å². The summed E-state index contributed by atoms with van der Waals surface area (Å²) in [5.41, 5.74) is 3.69. The van der Waals surface area contributed by atoms with E-state index in [0.717, 1.165) is 28.1 Å². The van der Waals surface area contributed by atoms with Gasteiger partial charge in [-0.05, 0) is 60.1 Å². The number of hydrazine groups is 1. The molecule has 0 bridgehead atoms. The molecule has 0 atom stereocenters. The third-order valence-corrected chi connectivity index (χ3v) is 5.99. The first-order valence-electron chi connectivity index (χ1n) is 9.26. The number of halogens is 2. The minimum absolute atomic E-state index is 0.220. The van der Waals surface area contributed by atoms with E-state index in [9.17, 15) is 9.59 Å². The SMILES string of the molecule is CC(C)COc1ccc(/C=C2\SC(=S)N(NC(=O)Nc3ccc(Cl)c(Cl)c3)C2=O)cc1. The molecule has 2 aromatic carbocycles. The first kappa shape index (κ1) is 23.4. The molecule has 0 saturated carbocycles. The Hall–Kier alpha value is -2.26. The summed E-state index contributed by atoms with van der Waals surface area (Å²) in [7, 11) is 0. The maximum atomic E-state index is 12.7. The van der Waals surface area contributed by atoms with Crippen molar-refractivity contribution in [1.82, 2.24) is 10.4 Å². The molecule has 0 unspecified atom stereocenters. The van der Waals surface area contributed by atoms with E-state index in [1.54, 1.807) is 18.2 Å². The molecule has 162 valence electrons. The van der Waals surface area contributed by atoms with Gasteiger partial charge in [-0.2, -0.15) is 5.01 Å². The topological polar surface area (TPSA) is 70.7 Å². The van der Waals surface area contributed by atoms with E-state index in [-0.39, 0.29) is 4.32 Å². The molecule has 0 radical (unpaired) electrons. The van der Waals surface area contributed by atoms with Crippen molar-refractivity contribution in [3.8, 4) is 5.75 Å². The Bertz CT molecular complexity index is 1040. The van der Waals surface area contributed by atoms with Crippen LogP contribution in [0.5, 0.6) is 5.75 Å². The van der Waals surface area contributed by atoms with Gasteiger partial charge in [0.15, 0.2) is 4.32 Å². The Labute approximate surface area is 199 Å². The second-order valence-corrected chi connectivity index (χ2v) is 9.48. The first-order valence-corrected chi connectivity index (χ1v) is 11.2. The lowest BCUT2D eigenvalue weighted by Gasteiger charge is -2.16. The number of anilines is 1. The number of nitrogens with zero attached hydrogens (tertiary/aromatic N) is 1. The number of ether oxygens (including phenoxy) is 1. The van der Waals surface area contributed by atoms with Crippen molar-refractivity contribution >= 4 is 75.2 Å². The highest BCUT2D eigenvalue weighted by atomic mass is 35.5. The van der Waals surface area contributed by atoms with E-state index in [2.05, 4.69) is 24.6 Å².